The van der Waals surface area contributed by atoms with E-state index < -0.39 is 6.16 Å². The van der Waals surface area contributed by atoms with Crippen LogP contribution in [0.5, 0.6) is 5.75 Å². The van der Waals surface area contributed by atoms with Crippen molar-refractivity contribution in [2.24, 2.45) is 0 Å². The van der Waals surface area contributed by atoms with Crippen molar-refractivity contribution in [2.75, 3.05) is 0 Å². The van der Waals surface area contributed by atoms with E-state index in [-0.39, 0.29) is 0 Å². The minimum atomic E-state index is -1.27. The average Bonchev–Trinajstić information content (AvgIpc) is 2.63. The van der Waals surface area contributed by atoms with Gasteiger partial charge < -0.3 is 9.84 Å². The van der Waals surface area contributed by atoms with E-state index in [1.165, 1.54) is 43.2 Å². The van der Waals surface area contributed by atoms with Crippen LogP contribution < -0.4 is 4.74 Å². The highest BCUT2D eigenvalue weighted by Gasteiger charge is 2.15. The fourth-order valence-corrected chi connectivity index (χ4v) is 3.41. The van der Waals surface area contributed by atoms with E-state index in [0.29, 0.717) is 5.75 Å². The summed E-state index contributed by atoms with van der Waals surface area (Å²) >= 11 is 0. The summed E-state index contributed by atoms with van der Waals surface area (Å²) in [4.78, 5) is 11.1. The van der Waals surface area contributed by atoms with Crippen molar-refractivity contribution in [3.63, 3.8) is 0 Å². The molecule has 0 heterocycles. The summed E-state index contributed by atoms with van der Waals surface area (Å²) in [6, 6.07) is 13.8. The first kappa shape index (κ1) is 20.0. The van der Waals surface area contributed by atoms with Crippen LogP contribution >= 0.6 is 0 Å². The lowest BCUT2D eigenvalue weighted by Gasteiger charge is -2.17. The molecule has 0 aliphatic rings. The van der Waals surface area contributed by atoms with Crippen LogP contribution in [0.3, 0.4) is 0 Å². The topological polar surface area (TPSA) is 46.5 Å². The minimum absolute atomic E-state index is 0.405. The average molecular weight is 354 g/mol. The third-order valence-corrected chi connectivity index (χ3v) is 4.73. The van der Waals surface area contributed by atoms with Gasteiger partial charge in [-0.2, -0.15) is 0 Å². The van der Waals surface area contributed by atoms with Crippen LogP contribution in [0.2, 0.25) is 0 Å². The maximum atomic E-state index is 11.1. The van der Waals surface area contributed by atoms with Gasteiger partial charge in [-0.3, -0.25) is 0 Å². The van der Waals surface area contributed by atoms with Gasteiger partial charge in [-0.15, -0.1) is 0 Å². The number of benzene rings is 2. The number of carbonyl (C=O) groups is 1. The van der Waals surface area contributed by atoms with Crippen molar-refractivity contribution in [1.29, 1.82) is 0 Å². The summed E-state index contributed by atoms with van der Waals surface area (Å²) in [6.07, 6.45) is 7.99. The molecule has 0 unspecified atom stereocenters. The second-order valence-electron chi connectivity index (χ2n) is 6.72. The second kappa shape index (κ2) is 10.6. The summed E-state index contributed by atoms with van der Waals surface area (Å²) < 4.78 is 5.04. The molecule has 0 saturated carbocycles. The molecule has 0 atom stereocenters. The smallest absolute Gasteiger partial charge is 0.449 e. The van der Waals surface area contributed by atoms with Crippen molar-refractivity contribution in [3.8, 4) is 16.9 Å². The molecule has 0 amide bonds. The molecular weight excluding hydrogens is 324 g/mol. The zero-order valence-electron chi connectivity index (χ0n) is 16.0. The summed E-state index contributed by atoms with van der Waals surface area (Å²) in [6.45, 7) is 4.43. The lowest BCUT2D eigenvalue weighted by Crippen LogP contribution is -2.05. The van der Waals surface area contributed by atoms with Crippen molar-refractivity contribution in [3.05, 3.63) is 53.6 Å². The number of ether oxygens (including phenoxy) is 1. The van der Waals surface area contributed by atoms with Gasteiger partial charge in [0, 0.05) is 5.56 Å². The first-order valence-corrected chi connectivity index (χ1v) is 9.78. The van der Waals surface area contributed by atoms with Gasteiger partial charge in [-0.1, -0.05) is 75.9 Å². The Morgan fingerprint density at radius 2 is 1.50 bits per heavy atom. The van der Waals surface area contributed by atoms with Gasteiger partial charge in [-0.25, -0.2) is 4.79 Å². The molecule has 2 aromatic rings. The number of hydrogen-bond acceptors (Lipinski definition) is 2. The van der Waals surface area contributed by atoms with Crippen LogP contribution in [0.4, 0.5) is 4.79 Å². The van der Waals surface area contributed by atoms with E-state index in [0.717, 1.165) is 30.4 Å². The summed E-state index contributed by atoms with van der Waals surface area (Å²) in [5.74, 6) is 0.405. The van der Waals surface area contributed by atoms with Gasteiger partial charge in [0.15, 0.2) is 0 Å². The Bertz CT molecular complexity index is 706. The Morgan fingerprint density at radius 1 is 0.846 bits per heavy atom. The highest BCUT2D eigenvalue weighted by atomic mass is 16.7. The zero-order chi connectivity index (χ0) is 18.8. The Labute approximate surface area is 157 Å². The van der Waals surface area contributed by atoms with Crippen molar-refractivity contribution >= 4 is 6.16 Å². The van der Waals surface area contributed by atoms with Crippen molar-refractivity contribution < 1.29 is 14.6 Å². The van der Waals surface area contributed by atoms with Crippen LogP contribution in [0.25, 0.3) is 11.1 Å². The minimum Gasteiger partial charge on any atom is -0.449 e. The molecule has 0 aliphatic carbocycles. The van der Waals surface area contributed by atoms with E-state index in [4.69, 9.17) is 9.84 Å². The van der Waals surface area contributed by atoms with Crippen LogP contribution in [0.15, 0.2) is 42.5 Å². The summed E-state index contributed by atoms with van der Waals surface area (Å²) in [7, 11) is 0. The molecule has 0 aromatic heterocycles. The third kappa shape index (κ3) is 5.62. The quantitative estimate of drug-likeness (QED) is 0.287. The highest BCUT2D eigenvalue weighted by molar-refractivity contribution is 5.77. The molecule has 0 bridgehead atoms. The van der Waals surface area contributed by atoms with E-state index in [9.17, 15) is 4.79 Å². The first-order chi connectivity index (χ1) is 12.7. The number of unbranched alkanes of at least 4 members (excludes halogenated alkanes) is 4. The molecule has 0 saturated heterocycles. The number of para-hydroxylation sites is 1. The third-order valence-electron chi connectivity index (χ3n) is 4.73. The monoisotopic (exact) mass is 354 g/mol. The normalized spacial score (nSPS) is 10.7. The predicted octanol–water partition coefficient (Wildman–Crippen LogP) is 6.88. The van der Waals surface area contributed by atoms with E-state index >= 15 is 0 Å². The number of aryl methyl sites for hydroxylation is 1. The van der Waals surface area contributed by atoms with E-state index in [2.05, 4.69) is 32.0 Å². The molecule has 140 valence electrons. The van der Waals surface area contributed by atoms with E-state index in [1.807, 2.05) is 18.2 Å². The van der Waals surface area contributed by atoms with Crippen LogP contribution in [0, 0.1) is 0 Å². The highest BCUT2D eigenvalue weighted by Crippen LogP contribution is 2.35. The summed E-state index contributed by atoms with van der Waals surface area (Å²) in [5.41, 5.74) is 4.70. The molecule has 0 radical (unpaired) electrons. The van der Waals surface area contributed by atoms with Crippen LogP contribution in [-0.4, -0.2) is 11.3 Å². The fraction of sp³-hybridized carbons (Fsp3) is 0.435. The molecule has 2 rings (SSSR count). The first-order valence-electron chi connectivity index (χ1n) is 9.78. The van der Waals surface area contributed by atoms with Gasteiger partial charge in [-0.05, 0) is 48.4 Å². The lowest BCUT2D eigenvalue weighted by atomic mass is 9.89. The van der Waals surface area contributed by atoms with Gasteiger partial charge >= 0.3 is 6.16 Å². The standard InChI is InChI=1S/C23H30O3/c1-3-5-7-12-18-13-11-16-20(19(18)14-8-6-4-2)21-15-9-10-17-22(21)26-23(24)25/h9-11,13,15-17H,3-8,12,14H2,1-2H3,(H,24,25). The number of rotatable bonds is 10. The zero-order valence-corrected chi connectivity index (χ0v) is 16.0. The summed E-state index contributed by atoms with van der Waals surface area (Å²) in [5, 5.41) is 9.06. The Kier molecular flexibility index (Phi) is 8.20. The Balaban J connectivity index is 2.43. The maximum absolute atomic E-state index is 11.1. The fourth-order valence-electron chi connectivity index (χ4n) is 3.41. The van der Waals surface area contributed by atoms with Crippen molar-refractivity contribution in [2.45, 2.75) is 65.2 Å². The van der Waals surface area contributed by atoms with Gasteiger partial charge in [0.1, 0.15) is 5.75 Å². The second-order valence-corrected chi connectivity index (χ2v) is 6.72. The molecule has 0 aliphatic heterocycles. The van der Waals surface area contributed by atoms with Crippen molar-refractivity contribution in [1.82, 2.24) is 0 Å². The maximum Gasteiger partial charge on any atom is 0.511 e. The Morgan fingerprint density at radius 3 is 2.19 bits per heavy atom. The number of carboxylic acid groups (broad SMARTS) is 1. The molecule has 2 aromatic carbocycles. The molecular formula is C23H30O3. The van der Waals surface area contributed by atoms with Crippen LogP contribution in [-0.2, 0) is 12.8 Å². The van der Waals surface area contributed by atoms with Gasteiger partial charge in [0.05, 0.1) is 0 Å². The largest absolute Gasteiger partial charge is 0.511 e. The molecule has 1 N–H and O–H groups in total. The predicted molar refractivity (Wildman–Crippen MR) is 107 cm³/mol. The molecule has 0 spiro atoms. The van der Waals surface area contributed by atoms with E-state index in [1.54, 1.807) is 6.07 Å². The van der Waals surface area contributed by atoms with Gasteiger partial charge in [0.2, 0.25) is 0 Å². The van der Waals surface area contributed by atoms with Gasteiger partial charge in [0.25, 0.3) is 0 Å². The van der Waals surface area contributed by atoms with Crippen LogP contribution in [0.1, 0.15) is 63.5 Å². The molecule has 3 nitrogen and oxygen atoms in total. The molecule has 26 heavy (non-hydrogen) atoms. The number of hydrogen-bond donors (Lipinski definition) is 1. The molecule has 0 fully saturated rings. The Hall–Kier alpha value is -2.29. The SMILES string of the molecule is CCCCCc1cccc(-c2ccccc2OC(=O)O)c1CCCCC. The molecule has 3 heteroatoms. The lowest BCUT2D eigenvalue weighted by molar-refractivity contribution is 0.144.